The number of unbranched alkanes of at least 4 members (excludes halogenated alkanes) is 14. The molecule has 3 unspecified atom stereocenters. The monoisotopic (exact) mass is 522 g/mol. The molecule has 0 radical (unpaired) electrons. The molecule has 0 aromatic rings. The van der Waals surface area contributed by atoms with Crippen LogP contribution in [0.2, 0.25) is 0 Å². The number of aliphatic hydroxyl groups is 1. The van der Waals surface area contributed by atoms with Crippen molar-refractivity contribution in [3.05, 3.63) is 0 Å². The van der Waals surface area contributed by atoms with Crippen LogP contribution in [0.15, 0.2) is 0 Å². The largest absolute Gasteiger partial charge is 0.472 e. The molecule has 0 aromatic heterocycles. The van der Waals surface area contributed by atoms with Crippen molar-refractivity contribution in [3.8, 4) is 0 Å². The number of nitrogens with two attached hydrogens (primary N) is 1. The summed E-state index contributed by atoms with van der Waals surface area (Å²) < 4.78 is 21.8. The second kappa shape index (κ2) is 23.9. The topological polar surface area (TPSA) is 131 Å². The van der Waals surface area contributed by atoms with E-state index >= 15 is 0 Å². The number of hydrogen-bond donors (Lipinski definition) is 4. The summed E-state index contributed by atoms with van der Waals surface area (Å²) in [4.78, 5) is 22.3. The van der Waals surface area contributed by atoms with E-state index in [0.29, 0.717) is 12.8 Å². The predicted octanol–water partition coefficient (Wildman–Crippen LogP) is 5.99. The minimum atomic E-state index is -4.28. The molecular weight excluding hydrogens is 467 g/mol. The van der Waals surface area contributed by atoms with E-state index in [1.807, 2.05) is 0 Å². The van der Waals surface area contributed by atoms with Gasteiger partial charge in [-0.2, -0.15) is 0 Å². The number of carbonyl (C=O) groups excluding carboxylic acids is 1. The molecule has 0 aromatic carbocycles. The fraction of sp³-hybridized carbons (Fsp3) is 0.962. The van der Waals surface area contributed by atoms with E-state index in [9.17, 15) is 19.4 Å². The fourth-order valence-electron chi connectivity index (χ4n) is 4.02. The van der Waals surface area contributed by atoms with Gasteiger partial charge in [0, 0.05) is 13.0 Å². The van der Waals surface area contributed by atoms with Gasteiger partial charge in [0.05, 0.1) is 25.4 Å². The van der Waals surface area contributed by atoms with E-state index in [0.717, 1.165) is 38.5 Å². The van der Waals surface area contributed by atoms with Crippen molar-refractivity contribution in [3.63, 3.8) is 0 Å². The molecule has 0 bridgehead atoms. The first kappa shape index (κ1) is 34.5. The van der Waals surface area contributed by atoms with Gasteiger partial charge in [-0.05, 0) is 12.8 Å². The van der Waals surface area contributed by atoms with Gasteiger partial charge in [-0.25, -0.2) is 4.57 Å². The molecule has 3 atom stereocenters. The zero-order chi connectivity index (χ0) is 26.2. The lowest BCUT2D eigenvalue weighted by atomic mass is 10.0. The van der Waals surface area contributed by atoms with E-state index in [1.165, 1.54) is 64.2 Å². The van der Waals surface area contributed by atoms with Gasteiger partial charge in [0.1, 0.15) is 0 Å². The minimum absolute atomic E-state index is 0.0910. The Kier molecular flexibility index (Phi) is 23.5. The maximum atomic E-state index is 12.5. The maximum absolute atomic E-state index is 12.5. The number of aliphatic hydroxyl groups excluding tert-OH is 1. The number of nitrogens with one attached hydrogen (secondary N) is 1. The Balaban J connectivity index is 4.42. The van der Waals surface area contributed by atoms with Crippen molar-refractivity contribution >= 4 is 13.7 Å². The molecule has 5 N–H and O–H groups in total. The van der Waals surface area contributed by atoms with E-state index in [1.54, 1.807) is 0 Å². The molecular formula is C26H55N2O6P. The number of phosphoric acid groups is 1. The lowest BCUT2D eigenvalue weighted by Gasteiger charge is -2.25. The zero-order valence-corrected chi connectivity index (χ0v) is 23.5. The molecule has 8 nitrogen and oxygen atoms in total. The number of hydrogen-bond acceptors (Lipinski definition) is 6. The highest BCUT2D eigenvalue weighted by atomic mass is 31.2. The summed E-state index contributed by atoms with van der Waals surface area (Å²) in [5.41, 5.74) is 5.31. The maximum Gasteiger partial charge on any atom is 0.472 e. The summed E-state index contributed by atoms with van der Waals surface area (Å²) in [5, 5.41) is 13.5. The number of amides is 1. The van der Waals surface area contributed by atoms with Gasteiger partial charge >= 0.3 is 7.82 Å². The number of rotatable bonds is 26. The molecule has 0 aliphatic heterocycles. The van der Waals surface area contributed by atoms with Crippen molar-refractivity contribution < 1.29 is 28.4 Å². The van der Waals surface area contributed by atoms with Crippen LogP contribution in [0.25, 0.3) is 0 Å². The molecule has 35 heavy (non-hydrogen) atoms. The van der Waals surface area contributed by atoms with E-state index < -0.39 is 20.0 Å². The fourth-order valence-corrected chi connectivity index (χ4v) is 4.78. The predicted molar refractivity (Wildman–Crippen MR) is 143 cm³/mol. The molecule has 210 valence electrons. The summed E-state index contributed by atoms with van der Waals surface area (Å²) in [7, 11) is -4.28. The van der Waals surface area contributed by atoms with Crippen LogP contribution in [-0.4, -0.2) is 47.8 Å². The number of phosphoric ester groups is 1. The van der Waals surface area contributed by atoms with Gasteiger partial charge in [0.2, 0.25) is 5.91 Å². The van der Waals surface area contributed by atoms with Crippen LogP contribution in [0.3, 0.4) is 0 Å². The van der Waals surface area contributed by atoms with Gasteiger partial charge in [-0.3, -0.25) is 13.8 Å². The molecule has 9 heteroatoms. The molecule has 0 heterocycles. The van der Waals surface area contributed by atoms with Gasteiger partial charge in [0.15, 0.2) is 0 Å². The quantitative estimate of drug-likeness (QED) is 0.0811. The van der Waals surface area contributed by atoms with E-state index in [2.05, 4.69) is 19.2 Å². The first-order valence-corrected chi connectivity index (χ1v) is 15.6. The van der Waals surface area contributed by atoms with Gasteiger partial charge < -0.3 is 21.1 Å². The highest BCUT2D eigenvalue weighted by Crippen LogP contribution is 2.43. The van der Waals surface area contributed by atoms with E-state index in [-0.39, 0.29) is 25.7 Å². The summed E-state index contributed by atoms with van der Waals surface area (Å²) in [6.07, 6.45) is 18.4. The van der Waals surface area contributed by atoms with Crippen LogP contribution < -0.4 is 11.1 Å². The third-order valence-electron chi connectivity index (χ3n) is 6.21. The first-order chi connectivity index (χ1) is 16.9. The summed E-state index contributed by atoms with van der Waals surface area (Å²) >= 11 is 0. The second-order valence-corrected chi connectivity index (χ2v) is 11.1. The molecule has 0 spiro atoms. The Morgan fingerprint density at radius 2 is 1.31 bits per heavy atom. The van der Waals surface area contributed by atoms with Crippen LogP contribution in [0.4, 0.5) is 0 Å². The van der Waals surface area contributed by atoms with Crippen molar-refractivity contribution in [2.75, 3.05) is 19.8 Å². The highest BCUT2D eigenvalue weighted by molar-refractivity contribution is 7.47. The Morgan fingerprint density at radius 3 is 1.83 bits per heavy atom. The molecule has 0 saturated carbocycles. The zero-order valence-electron chi connectivity index (χ0n) is 22.6. The standard InChI is InChI=1S/C26H55N2O6P/c1-3-5-7-9-11-12-14-16-18-20-26(30)28-24(23-34-35(31,32)33-22-21-27)25(29)19-17-15-13-10-8-6-4-2/h24-25,29H,3-23,27H2,1-2H3,(H,28,30)(H,31,32). The summed E-state index contributed by atoms with van der Waals surface area (Å²) in [6.45, 7) is 4.10. The van der Waals surface area contributed by atoms with Crippen LogP contribution >= 0.6 is 7.82 Å². The molecule has 1 amide bonds. The average molecular weight is 523 g/mol. The van der Waals surface area contributed by atoms with Crippen LogP contribution in [0.1, 0.15) is 129 Å². The SMILES string of the molecule is CCCCCCCCCCCC(=O)NC(COP(=O)(O)OCCN)C(O)CCCCCCCCC. The molecule has 0 rings (SSSR count). The third kappa shape index (κ3) is 22.4. The Hall–Kier alpha value is -0.500. The van der Waals surface area contributed by atoms with Crippen LogP contribution in [-0.2, 0) is 18.4 Å². The van der Waals surface area contributed by atoms with Gasteiger partial charge in [-0.15, -0.1) is 0 Å². The van der Waals surface area contributed by atoms with Crippen molar-refractivity contribution in [1.82, 2.24) is 5.32 Å². The Labute approximate surface area is 214 Å². The van der Waals surface area contributed by atoms with Crippen molar-refractivity contribution in [2.45, 2.75) is 142 Å². The Bertz CT molecular complexity index is 538. The normalized spacial score (nSPS) is 15.0. The molecule has 0 aliphatic rings. The highest BCUT2D eigenvalue weighted by Gasteiger charge is 2.27. The van der Waals surface area contributed by atoms with Gasteiger partial charge in [0.25, 0.3) is 0 Å². The average Bonchev–Trinajstić information content (AvgIpc) is 2.83. The minimum Gasteiger partial charge on any atom is -0.391 e. The smallest absolute Gasteiger partial charge is 0.391 e. The molecule has 0 fully saturated rings. The summed E-state index contributed by atoms with van der Waals surface area (Å²) in [5.74, 6) is -0.171. The molecule has 0 aliphatic carbocycles. The summed E-state index contributed by atoms with van der Waals surface area (Å²) in [6, 6.07) is -0.761. The van der Waals surface area contributed by atoms with Crippen LogP contribution in [0, 0.1) is 0 Å². The van der Waals surface area contributed by atoms with Crippen molar-refractivity contribution in [1.29, 1.82) is 0 Å². The second-order valence-electron chi connectivity index (χ2n) is 9.62. The number of carbonyl (C=O) groups is 1. The lowest BCUT2D eigenvalue weighted by Crippen LogP contribution is -2.46. The lowest BCUT2D eigenvalue weighted by molar-refractivity contribution is -0.123. The molecule has 0 saturated heterocycles. The first-order valence-electron chi connectivity index (χ1n) is 14.2. The van der Waals surface area contributed by atoms with Gasteiger partial charge in [-0.1, -0.05) is 110 Å². The Morgan fingerprint density at radius 1 is 0.829 bits per heavy atom. The van der Waals surface area contributed by atoms with Crippen molar-refractivity contribution in [2.24, 2.45) is 5.73 Å². The third-order valence-corrected chi connectivity index (χ3v) is 7.20. The van der Waals surface area contributed by atoms with Crippen LogP contribution in [0.5, 0.6) is 0 Å². The van der Waals surface area contributed by atoms with E-state index in [4.69, 9.17) is 14.8 Å².